The Bertz CT molecular complexity index is 819. The van der Waals surface area contributed by atoms with Crippen molar-refractivity contribution in [3.8, 4) is 11.3 Å². The molecule has 1 aliphatic rings. The maximum Gasteiger partial charge on any atom is 0.411 e. The number of imidazole rings is 1. The molecule has 0 radical (unpaired) electrons. The average molecular weight is 359 g/mol. The summed E-state index contributed by atoms with van der Waals surface area (Å²) in [5, 5.41) is 15.4. The van der Waals surface area contributed by atoms with Gasteiger partial charge in [0, 0.05) is 11.3 Å². The van der Waals surface area contributed by atoms with Gasteiger partial charge in [-0.3, -0.25) is 10.1 Å². The Morgan fingerprint density at radius 3 is 3.00 bits per heavy atom. The molecule has 138 valence electrons. The van der Waals surface area contributed by atoms with E-state index in [0.717, 1.165) is 0 Å². The van der Waals surface area contributed by atoms with Crippen molar-refractivity contribution in [2.75, 3.05) is 17.7 Å². The fraction of sp³-hybridized carbons (Fsp3) is 0.353. The molecular formula is C17H21N5O4. The SMILES string of the molecule is COC(=O)Nc1ccc2c(c1)NC(=O)CC(O)CC[C@H](N)c1ncc-2[nH]1. The predicted octanol–water partition coefficient (Wildman–Crippen LogP) is 1.74. The summed E-state index contributed by atoms with van der Waals surface area (Å²) in [6, 6.07) is 4.68. The second-order valence-corrected chi connectivity index (χ2v) is 6.15. The summed E-state index contributed by atoms with van der Waals surface area (Å²) in [5.74, 6) is 0.282. The number of nitrogens with one attached hydrogen (secondary N) is 3. The number of carbonyl (C=O) groups is 2. The molecule has 2 amide bonds. The molecule has 0 aliphatic carbocycles. The highest BCUT2D eigenvalue weighted by Crippen LogP contribution is 2.31. The topological polar surface area (TPSA) is 142 Å². The van der Waals surface area contributed by atoms with Crippen LogP contribution in [0.4, 0.5) is 16.2 Å². The fourth-order valence-corrected chi connectivity index (χ4v) is 2.82. The average Bonchev–Trinajstić information content (AvgIpc) is 3.09. The van der Waals surface area contributed by atoms with Crippen LogP contribution in [0, 0.1) is 0 Å². The van der Waals surface area contributed by atoms with E-state index in [9.17, 15) is 14.7 Å². The van der Waals surface area contributed by atoms with Crippen LogP contribution in [0.1, 0.15) is 31.1 Å². The van der Waals surface area contributed by atoms with Crippen molar-refractivity contribution in [3.05, 3.63) is 30.2 Å². The Kier molecular flexibility index (Phi) is 5.19. The van der Waals surface area contributed by atoms with Gasteiger partial charge < -0.3 is 25.9 Å². The van der Waals surface area contributed by atoms with E-state index in [4.69, 9.17) is 5.73 Å². The van der Waals surface area contributed by atoms with E-state index in [1.54, 1.807) is 24.4 Å². The standard InChI is InChI=1S/C17H21N5O4/c1-26-17(25)20-9-2-4-11-13(6-9)21-15(24)7-10(23)3-5-12(18)16-19-8-14(11)22-16/h2,4,6,8,10,12,23H,3,5,7,18H2,1H3,(H,19,22)(H,20,25)(H,21,24)/t10?,12-/m0/s1. The third kappa shape index (κ3) is 4.01. The lowest BCUT2D eigenvalue weighted by molar-refractivity contribution is -0.118. The minimum atomic E-state index is -0.797. The summed E-state index contributed by atoms with van der Waals surface area (Å²) >= 11 is 0. The molecule has 1 aliphatic heterocycles. The molecule has 0 saturated heterocycles. The highest BCUT2D eigenvalue weighted by Gasteiger charge is 2.20. The van der Waals surface area contributed by atoms with Crippen LogP contribution in [-0.2, 0) is 9.53 Å². The number of amides is 2. The number of rotatable bonds is 1. The molecule has 0 fully saturated rings. The van der Waals surface area contributed by atoms with Crippen molar-refractivity contribution in [1.82, 2.24) is 9.97 Å². The monoisotopic (exact) mass is 359 g/mol. The fourth-order valence-electron chi connectivity index (χ4n) is 2.82. The van der Waals surface area contributed by atoms with Crippen molar-refractivity contribution < 1.29 is 19.4 Å². The van der Waals surface area contributed by atoms with E-state index < -0.39 is 12.2 Å². The van der Waals surface area contributed by atoms with Gasteiger partial charge in [-0.1, -0.05) is 0 Å². The van der Waals surface area contributed by atoms with Crippen LogP contribution in [0.5, 0.6) is 0 Å². The Morgan fingerprint density at radius 2 is 2.23 bits per heavy atom. The van der Waals surface area contributed by atoms with Crippen molar-refractivity contribution in [2.24, 2.45) is 5.73 Å². The van der Waals surface area contributed by atoms with Gasteiger partial charge in [0.15, 0.2) is 0 Å². The number of aliphatic hydroxyl groups excluding tert-OH is 1. The zero-order valence-electron chi connectivity index (χ0n) is 14.3. The maximum absolute atomic E-state index is 12.3. The summed E-state index contributed by atoms with van der Waals surface area (Å²) < 4.78 is 4.58. The summed E-state index contributed by atoms with van der Waals surface area (Å²) in [7, 11) is 1.27. The number of H-pyrrole nitrogens is 1. The second kappa shape index (κ2) is 7.54. The molecule has 9 nitrogen and oxygen atoms in total. The molecule has 2 bridgehead atoms. The van der Waals surface area contributed by atoms with E-state index in [2.05, 4.69) is 25.3 Å². The predicted molar refractivity (Wildman–Crippen MR) is 95.5 cm³/mol. The molecule has 2 atom stereocenters. The molecule has 0 saturated carbocycles. The summed E-state index contributed by atoms with van der Waals surface area (Å²) in [6.07, 6.45) is 1.09. The number of nitrogens with two attached hydrogens (primary N) is 1. The minimum absolute atomic E-state index is 0.0419. The number of aromatic amines is 1. The summed E-state index contributed by atoms with van der Waals surface area (Å²) in [6.45, 7) is 0. The van der Waals surface area contributed by atoms with Crippen molar-refractivity contribution in [1.29, 1.82) is 0 Å². The number of anilines is 2. The number of fused-ring (bicyclic) bond motifs is 4. The molecule has 6 N–H and O–H groups in total. The Labute approximate surface area is 150 Å². The molecule has 0 spiro atoms. The van der Waals surface area contributed by atoms with Gasteiger partial charge in [0.1, 0.15) is 5.82 Å². The first kappa shape index (κ1) is 17.9. The van der Waals surface area contributed by atoms with Gasteiger partial charge in [0.2, 0.25) is 5.91 Å². The van der Waals surface area contributed by atoms with Crippen LogP contribution in [0.2, 0.25) is 0 Å². The van der Waals surface area contributed by atoms with E-state index >= 15 is 0 Å². The number of nitrogens with zero attached hydrogens (tertiary/aromatic N) is 1. The quantitative estimate of drug-likeness (QED) is 0.525. The van der Waals surface area contributed by atoms with Crippen LogP contribution in [-0.4, -0.2) is 40.3 Å². The van der Waals surface area contributed by atoms with Crippen LogP contribution >= 0.6 is 0 Å². The van der Waals surface area contributed by atoms with Crippen molar-refractivity contribution >= 4 is 23.4 Å². The molecule has 26 heavy (non-hydrogen) atoms. The molecule has 2 heterocycles. The highest BCUT2D eigenvalue weighted by molar-refractivity contribution is 5.97. The molecule has 1 aromatic heterocycles. The molecular weight excluding hydrogens is 338 g/mol. The van der Waals surface area contributed by atoms with Gasteiger partial charge in [-0.15, -0.1) is 0 Å². The first-order valence-corrected chi connectivity index (χ1v) is 8.24. The van der Waals surface area contributed by atoms with E-state index in [0.29, 0.717) is 41.3 Å². The number of aliphatic hydroxyl groups is 1. The Morgan fingerprint density at radius 1 is 1.42 bits per heavy atom. The first-order valence-electron chi connectivity index (χ1n) is 8.24. The van der Waals surface area contributed by atoms with Gasteiger partial charge in [0.05, 0.1) is 43.3 Å². The van der Waals surface area contributed by atoms with Crippen LogP contribution in [0.25, 0.3) is 11.3 Å². The maximum atomic E-state index is 12.3. The normalized spacial score (nSPS) is 20.2. The molecule has 1 aromatic carbocycles. The molecule has 3 rings (SSSR count). The highest BCUT2D eigenvalue weighted by atomic mass is 16.5. The third-order valence-corrected chi connectivity index (χ3v) is 4.19. The largest absolute Gasteiger partial charge is 0.453 e. The molecule has 9 heteroatoms. The number of carbonyl (C=O) groups excluding carboxylic acids is 2. The van der Waals surface area contributed by atoms with Gasteiger partial charge in [-0.25, -0.2) is 9.78 Å². The smallest absolute Gasteiger partial charge is 0.411 e. The lowest BCUT2D eigenvalue weighted by atomic mass is 10.0. The van der Waals surface area contributed by atoms with Crippen LogP contribution in [0.15, 0.2) is 24.4 Å². The molecule has 2 aromatic rings. The summed E-state index contributed by atoms with van der Waals surface area (Å²) in [5.41, 5.74) is 8.42. The van der Waals surface area contributed by atoms with Crippen LogP contribution in [0.3, 0.4) is 0 Å². The number of hydrogen-bond acceptors (Lipinski definition) is 6. The van der Waals surface area contributed by atoms with Crippen LogP contribution < -0.4 is 16.4 Å². The van der Waals surface area contributed by atoms with Gasteiger partial charge in [-0.05, 0) is 31.0 Å². The number of aromatic nitrogens is 2. The van der Waals surface area contributed by atoms with Gasteiger partial charge in [0.25, 0.3) is 0 Å². The number of methoxy groups -OCH3 is 1. The Hall–Kier alpha value is -2.91. The number of ether oxygens (including phenoxy) is 1. The third-order valence-electron chi connectivity index (χ3n) is 4.19. The van der Waals surface area contributed by atoms with Crippen molar-refractivity contribution in [2.45, 2.75) is 31.4 Å². The Balaban J connectivity index is 2.01. The van der Waals surface area contributed by atoms with Gasteiger partial charge in [-0.2, -0.15) is 0 Å². The van der Waals surface area contributed by atoms with Gasteiger partial charge >= 0.3 is 6.09 Å². The van der Waals surface area contributed by atoms with E-state index in [1.165, 1.54) is 7.11 Å². The number of hydrogen-bond donors (Lipinski definition) is 5. The zero-order chi connectivity index (χ0) is 18.7. The van der Waals surface area contributed by atoms with Crippen molar-refractivity contribution in [3.63, 3.8) is 0 Å². The lowest BCUT2D eigenvalue weighted by Crippen LogP contribution is -2.22. The first-order chi connectivity index (χ1) is 12.5. The minimum Gasteiger partial charge on any atom is -0.453 e. The van der Waals surface area contributed by atoms with E-state index in [-0.39, 0.29) is 18.4 Å². The zero-order valence-corrected chi connectivity index (χ0v) is 14.3. The molecule has 1 unspecified atom stereocenters. The number of benzene rings is 1. The lowest BCUT2D eigenvalue weighted by Gasteiger charge is -2.17. The van der Waals surface area contributed by atoms with E-state index in [1.807, 2.05) is 0 Å². The summed E-state index contributed by atoms with van der Waals surface area (Å²) in [4.78, 5) is 31.1. The second-order valence-electron chi connectivity index (χ2n) is 6.15.